The first-order valence-corrected chi connectivity index (χ1v) is 4.74. The minimum atomic E-state index is -0.628. The maximum absolute atomic E-state index is 9.62. The van der Waals surface area contributed by atoms with Crippen molar-refractivity contribution in [2.24, 2.45) is 5.73 Å². The van der Waals surface area contributed by atoms with Crippen LogP contribution in [0.1, 0.15) is 18.9 Å². The Balaban J connectivity index is 3.16. The second-order valence-electron chi connectivity index (χ2n) is 3.57. The molecular formula is C11H14ClNO. The lowest BCUT2D eigenvalue weighted by Crippen LogP contribution is -2.32. The summed E-state index contributed by atoms with van der Waals surface area (Å²) in [7, 11) is 0. The topological polar surface area (TPSA) is 46.2 Å². The van der Waals surface area contributed by atoms with E-state index in [2.05, 4.69) is 6.58 Å². The largest absolute Gasteiger partial charge is 0.508 e. The quantitative estimate of drug-likeness (QED) is 0.756. The van der Waals surface area contributed by atoms with Crippen molar-refractivity contribution in [1.82, 2.24) is 0 Å². The highest BCUT2D eigenvalue weighted by Gasteiger charge is 2.23. The molecule has 2 nitrogen and oxygen atoms in total. The maximum Gasteiger partial charge on any atom is 0.120 e. The Hall–Kier alpha value is -0.990. The molecule has 1 atom stereocenters. The van der Waals surface area contributed by atoms with Crippen LogP contribution < -0.4 is 5.73 Å². The van der Waals surface area contributed by atoms with Gasteiger partial charge in [0.1, 0.15) is 5.75 Å². The first-order chi connectivity index (χ1) is 6.47. The van der Waals surface area contributed by atoms with Gasteiger partial charge in [-0.25, -0.2) is 0 Å². The van der Waals surface area contributed by atoms with Crippen molar-refractivity contribution < 1.29 is 5.11 Å². The summed E-state index contributed by atoms with van der Waals surface area (Å²) in [4.78, 5) is 0. The van der Waals surface area contributed by atoms with Gasteiger partial charge >= 0.3 is 0 Å². The molecule has 0 aliphatic rings. The van der Waals surface area contributed by atoms with Crippen molar-refractivity contribution in [3.63, 3.8) is 0 Å². The van der Waals surface area contributed by atoms with E-state index in [1.807, 2.05) is 6.92 Å². The molecule has 1 aromatic rings. The highest BCUT2D eigenvalue weighted by Crippen LogP contribution is 2.32. The van der Waals surface area contributed by atoms with E-state index in [-0.39, 0.29) is 5.75 Å². The smallest absolute Gasteiger partial charge is 0.120 e. The number of phenolic OH excluding ortho intramolecular Hbond substituents is 1. The number of halogens is 1. The van der Waals surface area contributed by atoms with E-state index < -0.39 is 5.54 Å². The van der Waals surface area contributed by atoms with E-state index in [0.29, 0.717) is 17.0 Å². The lowest BCUT2D eigenvalue weighted by Gasteiger charge is -2.24. The molecule has 0 aliphatic heterocycles. The van der Waals surface area contributed by atoms with Gasteiger partial charge in [-0.2, -0.15) is 0 Å². The molecule has 0 saturated carbocycles. The van der Waals surface area contributed by atoms with Crippen LogP contribution in [0, 0.1) is 0 Å². The summed E-state index contributed by atoms with van der Waals surface area (Å²) >= 11 is 5.83. The summed E-state index contributed by atoms with van der Waals surface area (Å²) in [5.74, 6) is 0.168. The summed E-state index contributed by atoms with van der Waals surface area (Å²) in [5, 5.41) is 10.2. The van der Waals surface area contributed by atoms with Gasteiger partial charge in [0.05, 0.1) is 0 Å². The third-order valence-electron chi connectivity index (χ3n) is 2.14. The molecule has 0 radical (unpaired) electrons. The fraction of sp³-hybridized carbons (Fsp3) is 0.273. The Morgan fingerprint density at radius 2 is 2.29 bits per heavy atom. The van der Waals surface area contributed by atoms with Gasteiger partial charge in [0.15, 0.2) is 0 Å². The van der Waals surface area contributed by atoms with E-state index in [4.69, 9.17) is 17.3 Å². The van der Waals surface area contributed by atoms with E-state index in [1.165, 1.54) is 0 Å². The van der Waals surface area contributed by atoms with Crippen molar-refractivity contribution >= 4 is 11.6 Å². The molecule has 0 spiro atoms. The number of hydrogen-bond acceptors (Lipinski definition) is 2. The third-order valence-corrected chi connectivity index (χ3v) is 2.38. The average molecular weight is 212 g/mol. The molecule has 0 fully saturated rings. The van der Waals surface area contributed by atoms with Crippen molar-refractivity contribution in [2.45, 2.75) is 18.9 Å². The molecule has 0 saturated heterocycles. The Morgan fingerprint density at radius 3 is 2.86 bits per heavy atom. The number of aromatic hydroxyl groups is 1. The molecule has 76 valence electrons. The van der Waals surface area contributed by atoms with Gasteiger partial charge in [0.2, 0.25) is 0 Å². The molecular weight excluding hydrogens is 198 g/mol. The van der Waals surface area contributed by atoms with Crippen LogP contribution in [0.3, 0.4) is 0 Å². The van der Waals surface area contributed by atoms with Crippen LogP contribution in [-0.2, 0) is 5.54 Å². The highest BCUT2D eigenvalue weighted by atomic mass is 35.5. The number of nitrogens with two attached hydrogens (primary N) is 1. The second-order valence-corrected chi connectivity index (χ2v) is 4.01. The molecule has 14 heavy (non-hydrogen) atoms. The molecule has 0 amide bonds. The standard InChI is InChI=1S/C11H14ClNO/c1-3-6-11(2,13)9-7-8(12)4-5-10(9)14/h3-5,7,14H,1,6,13H2,2H3/t11-/m0/s1. The SMILES string of the molecule is C=CC[C@](C)(N)c1cc(Cl)ccc1O. The second kappa shape index (κ2) is 4.03. The van der Waals surface area contributed by atoms with E-state index in [0.717, 1.165) is 0 Å². The Bertz CT molecular complexity index is 347. The van der Waals surface area contributed by atoms with Crippen molar-refractivity contribution in [3.8, 4) is 5.75 Å². The van der Waals surface area contributed by atoms with Crippen molar-refractivity contribution in [2.75, 3.05) is 0 Å². The fourth-order valence-corrected chi connectivity index (χ4v) is 1.55. The fourth-order valence-electron chi connectivity index (χ4n) is 1.38. The molecule has 0 heterocycles. The van der Waals surface area contributed by atoms with E-state index >= 15 is 0 Å². The molecule has 0 aromatic heterocycles. The summed E-state index contributed by atoms with van der Waals surface area (Å²) in [5.41, 5.74) is 6.04. The minimum Gasteiger partial charge on any atom is -0.508 e. The monoisotopic (exact) mass is 211 g/mol. The van der Waals surface area contributed by atoms with Crippen LogP contribution in [0.4, 0.5) is 0 Å². The molecule has 3 N–H and O–H groups in total. The lowest BCUT2D eigenvalue weighted by molar-refractivity contribution is 0.427. The molecule has 1 aromatic carbocycles. The maximum atomic E-state index is 9.62. The van der Waals surface area contributed by atoms with Gasteiger partial charge in [-0.3, -0.25) is 0 Å². The van der Waals surface area contributed by atoms with Crippen LogP contribution in [0.15, 0.2) is 30.9 Å². The summed E-state index contributed by atoms with van der Waals surface area (Å²) in [6.45, 7) is 5.46. The predicted octanol–water partition coefficient (Wildman–Crippen LogP) is 2.80. The molecule has 0 aliphatic carbocycles. The molecule has 3 heteroatoms. The molecule has 0 unspecified atom stereocenters. The first kappa shape index (κ1) is 11.1. The Labute approximate surface area is 89.0 Å². The average Bonchev–Trinajstić information content (AvgIpc) is 2.09. The van der Waals surface area contributed by atoms with Crippen LogP contribution in [0.25, 0.3) is 0 Å². The first-order valence-electron chi connectivity index (χ1n) is 4.36. The van der Waals surface area contributed by atoms with Crippen molar-refractivity contribution in [3.05, 3.63) is 41.4 Å². The number of phenols is 1. The number of rotatable bonds is 3. The zero-order valence-corrected chi connectivity index (χ0v) is 8.88. The normalized spacial score (nSPS) is 14.8. The molecule has 0 bridgehead atoms. The van der Waals surface area contributed by atoms with Gasteiger partial charge in [-0.05, 0) is 31.5 Å². The van der Waals surface area contributed by atoms with Crippen LogP contribution >= 0.6 is 11.6 Å². The van der Waals surface area contributed by atoms with Crippen LogP contribution in [-0.4, -0.2) is 5.11 Å². The van der Waals surface area contributed by atoms with Crippen molar-refractivity contribution in [1.29, 1.82) is 0 Å². The summed E-state index contributed by atoms with van der Waals surface area (Å²) in [6.07, 6.45) is 2.31. The lowest BCUT2D eigenvalue weighted by atomic mass is 9.89. The minimum absolute atomic E-state index is 0.168. The Morgan fingerprint density at radius 1 is 1.64 bits per heavy atom. The molecule has 1 rings (SSSR count). The zero-order valence-electron chi connectivity index (χ0n) is 8.13. The van der Waals surface area contributed by atoms with Gasteiger partial charge in [-0.15, -0.1) is 6.58 Å². The van der Waals surface area contributed by atoms with Gasteiger partial charge < -0.3 is 10.8 Å². The van der Waals surface area contributed by atoms with Gasteiger partial charge in [0.25, 0.3) is 0 Å². The summed E-state index contributed by atoms with van der Waals surface area (Å²) in [6, 6.07) is 4.86. The predicted molar refractivity (Wildman–Crippen MR) is 59.5 cm³/mol. The third kappa shape index (κ3) is 2.28. The van der Waals surface area contributed by atoms with Gasteiger partial charge in [-0.1, -0.05) is 17.7 Å². The Kier molecular flexibility index (Phi) is 3.19. The number of hydrogen-bond donors (Lipinski definition) is 2. The van der Waals surface area contributed by atoms with Gasteiger partial charge in [0, 0.05) is 16.1 Å². The van der Waals surface area contributed by atoms with Crippen LogP contribution in [0.5, 0.6) is 5.75 Å². The zero-order chi connectivity index (χ0) is 10.8. The van der Waals surface area contributed by atoms with E-state index in [1.54, 1.807) is 24.3 Å². The number of benzene rings is 1. The summed E-state index contributed by atoms with van der Waals surface area (Å²) < 4.78 is 0. The van der Waals surface area contributed by atoms with E-state index in [9.17, 15) is 5.11 Å². The van der Waals surface area contributed by atoms with Crippen LogP contribution in [0.2, 0.25) is 5.02 Å². The highest BCUT2D eigenvalue weighted by molar-refractivity contribution is 6.30.